The van der Waals surface area contributed by atoms with Crippen molar-refractivity contribution in [3.63, 3.8) is 0 Å². The van der Waals surface area contributed by atoms with Crippen molar-refractivity contribution < 1.29 is 14.6 Å². The molecule has 0 atom stereocenters. The first-order chi connectivity index (χ1) is 9.99. The van der Waals surface area contributed by atoms with Crippen molar-refractivity contribution >= 4 is 43.8 Å². The number of rotatable bonds is 6. The molecule has 0 aliphatic rings. The topological polar surface area (TPSA) is 82.3 Å². The predicted molar refractivity (Wildman–Crippen MR) is 86.6 cm³/mol. The monoisotopic (exact) mass is 416 g/mol. The van der Waals surface area contributed by atoms with Crippen molar-refractivity contribution in [1.29, 1.82) is 5.26 Å². The molecular formula is C14H14Br2N2O3. The highest BCUT2D eigenvalue weighted by Gasteiger charge is 2.11. The number of aromatic hydroxyl groups is 1. The number of amides is 1. The molecule has 1 amide bonds. The van der Waals surface area contributed by atoms with Crippen LogP contribution in [0.4, 0.5) is 0 Å². The van der Waals surface area contributed by atoms with E-state index in [2.05, 4.69) is 37.2 Å². The molecule has 112 valence electrons. The number of phenols is 1. The van der Waals surface area contributed by atoms with Crippen LogP contribution in [0.2, 0.25) is 0 Å². The summed E-state index contributed by atoms with van der Waals surface area (Å²) in [6.45, 7) is 0.950. The van der Waals surface area contributed by atoms with Crippen molar-refractivity contribution in [3.05, 3.63) is 32.2 Å². The van der Waals surface area contributed by atoms with Gasteiger partial charge >= 0.3 is 0 Å². The average molecular weight is 418 g/mol. The molecule has 0 saturated heterocycles. The molecule has 0 bridgehead atoms. The molecule has 5 nitrogen and oxygen atoms in total. The number of methoxy groups -OCH3 is 1. The number of phenolic OH excluding ortho intramolecular Hbond substituents is 1. The first kappa shape index (κ1) is 17.7. The minimum Gasteiger partial charge on any atom is -0.506 e. The number of hydrogen-bond donors (Lipinski definition) is 2. The Bertz CT molecular complexity index is 595. The first-order valence-corrected chi connectivity index (χ1v) is 7.65. The summed E-state index contributed by atoms with van der Waals surface area (Å²) < 4.78 is 6.07. The molecule has 1 rings (SSSR count). The lowest BCUT2D eigenvalue weighted by Crippen LogP contribution is -2.26. The summed E-state index contributed by atoms with van der Waals surface area (Å²) in [5, 5.41) is 21.6. The van der Waals surface area contributed by atoms with Gasteiger partial charge in [0.25, 0.3) is 5.91 Å². The fourth-order valence-electron chi connectivity index (χ4n) is 1.51. The number of carbonyl (C=O) groups is 1. The van der Waals surface area contributed by atoms with E-state index in [1.54, 1.807) is 19.2 Å². The second-order valence-electron chi connectivity index (χ2n) is 4.10. The van der Waals surface area contributed by atoms with Gasteiger partial charge in [0.2, 0.25) is 0 Å². The van der Waals surface area contributed by atoms with Crippen LogP contribution in [-0.4, -0.2) is 31.3 Å². The Balaban J connectivity index is 2.90. The SMILES string of the molecule is COCCCNC(=O)/C(C#N)=C/c1cc(Br)cc(Br)c1O. The first-order valence-electron chi connectivity index (χ1n) is 6.06. The van der Waals surface area contributed by atoms with Crippen LogP contribution < -0.4 is 5.32 Å². The molecule has 0 aromatic heterocycles. The number of nitrogens with zero attached hydrogens (tertiary/aromatic N) is 1. The molecule has 21 heavy (non-hydrogen) atoms. The summed E-state index contributed by atoms with van der Waals surface area (Å²) in [6, 6.07) is 5.12. The lowest BCUT2D eigenvalue weighted by atomic mass is 10.1. The summed E-state index contributed by atoms with van der Waals surface area (Å²) >= 11 is 6.49. The third-order valence-corrected chi connectivity index (χ3v) is 3.60. The van der Waals surface area contributed by atoms with Crippen LogP contribution in [0.25, 0.3) is 6.08 Å². The quantitative estimate of drug-likeness (QED) is 0.423. The van der Waals surface area contributed by atoms with Gasteiger partial charge in [-0.2, -0.15) is 5.26 Å². The highest BCUT2D eigenvalue weighted by molar-refractivity contribution is 9.11. The van der Waals surface area contributed by atoms with E-state index in [0.29, 0.717) is 29.6 Å². The van der Waals surface area contributed by atoms with Crippen LogP contribution in [0.5, 0.6) is 5.75 Å². The molecule has 2 N–H and O–H groups in total. The molecule has 0 heterocycles. The number of nitrogens with one attached hydrogen (secondary N) is 1. The van der Waals surface area contributed by atoms with Crippen molar-refractivity contribution in [2.45, 2.75) is 6.42 Å². The highest BCUT2D eigenvalue weighted by Crippen LogP contribution is 2.32. The molecule has 0 fully saturated rings. The molecular weight excluding hydrogens is 404 g/mol. The number of benzene rings is 1. The third kappa shape index (κ3) is 5.50. The van der Waals surface area contributed by atoms with Crippen molar-refractivity contribution in [1.82, 2.24) is 5.32 Å². The van der Waals surface area contributed by atoms with E-state index >= 15 is 0 Å². The molecule has 7 heteroatoms. The minimum absolute atomic E-state index is 0.0295. The van der Waals surface area contributed by atoms with Gasteiger partial charge in [0.15, 0.2) is 0 Å². The fraction of sp³-hybridized carbons (Fsp3) is 0.286. The molecule has 0 unspecified atom stereocenters. The van der Waals surface area contributed by atoms with Crippen molar-refractivity contribution in [3.8, 4) is 11.8 Å². The Morgan fingerprint density at radius 2 is 2.24 bits per heavy atom. The molecule has 0 radical (unpaired) electrons. The van der Waals surface area contributed by atoms with Gasteiger partial charge in [-0.25, -0.2) is 0 Å². The number of hydrogen-bond acceptors (Lipinski definition) is 4. The fourth-order valence-corrected chi connectivity index (χ4v) is 2.77. The number of halogens is 2. The Morgan fingerprint density at radius 1 is 1.52 bits per heavy atom. The second-order valence-corrected chi connectivity index (χ2v) is 5.87. The molecule has 0 saturated carbocycles. The average Bonchev–Trinajstić information content (AvgIpc) is 2.45. The molecule has 0 aliphatic heterocycles. The lowest BCUT2D eigenvalue weighted by molar-refractivity contribution is -0.117. The smallest absolute Gasteiger partial charge is 0.261 e. The Labute approximate surface area is 139 Å². The Morgan fingerprint density at radius 3 is 2.86 bits per heavy atom. The van der Waals surface area contributed by atoms with Crippen LogP contribution in [0.3, 0.4) is 0 Å². The number of ether oxygens (including phenoxy) is 1. The van der Waals surface area contributed by atoms with Gasteiger partial charge in [0, 0.05) is 30.3 Å². The van der Waals surface area contributed by atoms with E-state index in [9.17, 15) is 9.90 Å². The van der Waals surface area contributed by atoms with Gasteiger partial charge in [0.05, 0.1) is 4.47 Å². The van der Waals surface area contributed by atoms with Gasteiger partial charge in [-0.3, -0.25) is 4.79 Å². The van der Waals surface area contributed by atoms with Crippen LogP contribution in [0, 0.1) is 11.3 Å². The van der Waals surface area contributed by atoms with Crippen LogP contribution in [0.15, 0.2) is 26.7 Å². The zero-order chi connectivity index (χ0) is 15.8. The molecule has 0 aliphatic carbocycles. The lowest BCUT2D eigenvalue weighted by Gasteiger charge is -2.06. The molecule has 0 spiro atoms. The van der Waals surface area contributed by atoms with Gasteiger partial charge in [0.1, 0.15) is 17.4 Å². The van der Waals surface area contributed by atoms with E-state index in [-0.39, 0.29) is 11.3 Å². The number of nitriles is 1. The Hall–Kier alpha value is -1.36. The van der Waals surface area contributed by atoms with Gasteiger partial charge in [-0.15, -0.1) is 0 Å². The van der Waals surface area contributed by atoms with E-state index in [1.165, 1.54) is 6.08 Å². The van der Waals surface area contributed by atoms with Gasteiger partial charge < -0.3 is 15.2 Å². The summed E-state index contributed by atoms with van der Waals surface area (Å²) in [5.74, 6) is -0.512. The second kappa shape index (κ2) is 8.82. The van der Waals surface area contributed by atoms with E-state index in [0.717, 1.165) is 4.47 Å². The normalized spacial score (nSPS) is 11.0. The third-order valence-electron chi connectivity index (χ3n) is 2.53. The molecule has 1 aromatic carbocycles. The maximum atomic E-state index is 11.9. The van der Waals surface area contributed by atoms with Crippen LogP contribution >= 0.6 is 31.9 Å². The van der Waals surface area contributed by atoms with E-state index in [1.807, 2.05) is 6.07 Å². The maximum Gasteiger partial charge on any atom is 0.261 e. The predicted octanol–water partition coefficient (Wildman–Crippen LogP) is 2.98. The van der Waals surface area contributed by atoms with Gasteiger partial charge in [-0.1, -0.05) is 15.9 Å². The van der Waals surface area contributed by atoms with Gasteiger partial charge in [-0.05, 0) is 40.6 Å². The highest BCUT2D eigenvalue weighted by atomic mass is 79.9. The van der Waals surface area contributed by atoms with Crippen LogP contribution in [-0.2, 0) is 9.53 Å². The van der Waals surface area contributed by atoms with E-state index < -0.39 is 5.91 Å². The van der Waals surface area contributed by atoms with E-state index in [4.69, 9.17) is 10.00 Å². The largest absolute Gasteiger partial charge is 0.506 e. The summed E-state index contributed by atoms with van der Waals surface area (Å²) in [5.41, 5.74) is 0.299. The number of carbonyl (C=O) groups excluding carboxylic acids is 1. The van der Waals surface area contributed by atoms with Crippen molar-refractivity contribution in [2.75, 3.05) is 20.3 Å². The van der Waals surface area contributed by atoms with Crippen LogP contribution in [0.1, 0.15) is 12.0 Å². The summed E-state index contributed by atoms with van der Waals surface area (Å²) in [7, 11) is 1.58. The Kier molecular flexibility index (Phi) is 7.43. The minimum atomic E-state index is -0.482. The zero-order valence-electron chi connectivity index (χ0n) is 11.3. The maximum absolute atomic E-state index is 11.9. The molecule has 1 aromatic rings. The summed E-state index contributed by atoms with van der Waals surface area (Å²) in [4.78, 5) is 11.9. The zero-order valence-corrected chi connectivity index (χ0v) is 14.5. The van der Waals surface area contributed by atoms with Crippen molar-refractivity contribution in [2.24, 2.45) is 0 Å². The summed E-state index contributed by atoms with van der Waals surface area (Å²) in [6.07, 6.45) is 2.01. The standard InChI is InChI=1S/C14H14Br2N2O3/c1-21-4-2-3-18-14(20)10(8-17)5-9-6-11(15)7-12(16)13(9)19/h5-7,19H,2-4H2,1H3,(H,18,20)/b10-5+.